The summed E-state index contributed by atoms with van der Waals surface area (Å²) in [5, 5.41) is 4.06. The van der Waals surface area contributed by atoms with Gasteiger partial charge in [0.2, 0.25) is 5.91 Å². The van der Waals surface area contributed by atoms with Gasteiger partial charge in [0.25, 0.3) is 5.89 Å². The van der Waals surface area contributed by atoms with E-state index in [1.165, 1.54) is 18.2 Å². The number of anilines is 2. The average molecular weight is 401 g/mol. The summed E-state index contributed by atoms with van der Waals surface area (Å²) < 4.78 is 18.8. The lowest BCUT2D eigenvalue weighted by atomic mass is 10.1. The first-order chi connectivity index (χ1) is 13.4. The summed E-state index contributed by atoms with van der Waals surface area (Å²) in [6.07, 6.45) is 0.256. The Morgan fingerprint density at radius 2 is 2.07 bits per heavy atom. The zero-order chi connectivity index (χ0) is 19.8. The van der Waals surface area contributed by atoms with Gasteiger partial charge >= 0.3 is 0 Å². The molecule has 0 radical (unpaired) electrons. The van der Waals surface area contributed by atoms with Crippen LogP contribution in [0.1, 0.15) is 18.2 Å². The van der Waals surface area contributed by atoms with Crippen LogP contribution in [0.3, 0.4) is 0 Å². The monoisotopic (exact) mass is 400 g/mol. The lowest BCUT2D eigenvalue weighted by Gasteiger charge is -2.16. The highest BCUT2D eigenvalue weighted by Crippen LogP contribution is 2.33. The second-order valence-corrected chi connectivity index (χ2v) is 7.31. The molecule has 1 fully saturated rings. The second kappa shape index (κ2) is 7.24. The summed E-state index contributed by atoms with van der Waals surface area (Å²) in [7, 11) is 3.91. The topological polar surface area (TPSA) is 62.5 Å². The van der Waals surface area contributed by atoms with Gasteiger partial charge in [-0.15, -0.1) is 0 Å². The summed E-state index contributed by atoms with van der Waals surface area (Å²) in [5.41, 5.74) is 2.39. The number of amides is 1. The van der Waals surface area contributed by atoms with E-state index in [1.807, 2.05) is 43.3 Å². The Labute approximate surface area is 166 Å². The van der Waals surface area contributed by atoms with Crippen molar-refractivity contribution >= 4 is 28.9 Å². The van der Waals surface area contributed by atoms with Crippen molar-refractivity contribution in [3.63, 3.8) is 0 Å². The number of hydrogen-bond donors (Lipinski definition) is 0. The quantitative estimate of drug-likeness (QED) is 0.659. The predicted molar refractivity (Wildman–Crippen MR) is 105 cm³/mol. The highest BCUT2D eigenvalue weighted by atomic mass is 35.5. The first kappa shape index (κ1) is 18.4. The number of benzene rings is 2. The number of carbonyl (C=O) groups is 1. The fraction of sp³-hybridized carbons (Fsp3) is 0.250. The smallest absolute Gasteiger partial charge is 0.258 e. The number of nitrogens with zero attached hydrogens (tertiary/aromatic N) is 4. The average Bonchev–Trinajstić information content (AvgIpc) is 3.31. The summed E-state index contributed by atoms with van der Waals surface area (Å²) >= 11 is 5.84. The van der Waals surface area contributed by atoms with E-state index in [2.05, 4.69) is 10.1 Å². The molecule has 0 bridgehead atoms. The standard InChI is InChI=1S/C20H18ClFN4O2/c1-25(2)14-5-3-4-12(8-14)20-23-19(24-28-20)13-9-18(27)26(11-13)15-6-7-17(22)16(21)10-15/h3-8,10,13H,9,11H2,1-2H3. The van der Waals surface area contributed by atoms with E-state index < -0.39 is 5.82 Å². The van der Waals surface area contributed by atoms with E-state index in [0.29, 0.717) is 23.9 Å². The molecule has 28 heavy (non-hydrogen) atoms. The van der Waals surface area contributed by atoms with E-state index >= 15 is 0 Å². The van der Waals surface area contributed by atoms with Crippen LogP contribution >= 0.6 is 11.6 Å². The Morgan fingerprint density at radius 3 is 2.82 bits per heavy atom. The molecule has 0 N–H and O–H groups in total. The van der Waals surface area contributed by atoms with Gasteiger partial charge in [0, 0.05) is 49.9 Å². The zero-order valence-electron chi connectivity index (χ0n) is 15.4. The molecule has 1 amide bonds. The van der Waals surface area contributed by atoms with Gasteiger partial charge in [-0.3, -0.25) is 4.79 Å². The maximum absolute atomic E-state index is 13.4. The Balaban J connectivity index is 1.55. The Kier molecular flexibility index (Phi) is 4.77. The first-order valence-corrected chi connectivity index (χ1v) is 9.17. The normalized spacial score (nSPS) is 16.6. The van der Waals surface area contributed by atoms with E-state index in [1.54, 1.807) is 4.90 Å². The third-order valence-corrected chi connectivity index (χ3v) is 5.05. The molecule has 2 aromatic carbocycles. The molecule has 4 rings (SSSR count). The van der Waals surface area contributed by atoms with Gasteiger partial charge in [-0.25, -0.2) is 4.39 Å². The largest absolute Gasteiger partial charge is 0.378 e. The molecule has 2 heterocycles. The number of aromatic nitrogens is 2. The molecule has 0 aliphatic carbocycles. The molecule has 1 unspecified atom stereocenters. The molecule has 144 valence electrons. The number of halogens is 2. The van der Waals surface area contributed by atoms with Crippen molar-refractivity contribution in [3.8, 4) is 11.5 Å². The minimum absolute atomic E-state index is 0.0172. The van der Waals surface area contributed by atoms with Crippen molar-refractivity contribution < 1.29 is 13.7 Å². The summed E-state index contributed by atoms with van der Waals surface area (Å²) in [6, 6.07) is 12.0. The van der Waals surface area contributed by atoms with Gasteiger partial charge < -0.3 is 14.3 Å². The van der Waals surface area contributed by atoms with E-state index in [9.17, 15) is 9.18 Å². The SMILES string of the molecule is CN(C)c1cccc(-c2nc(C3CC(=O)N(c4ccc(F)c(Cl)c4)C3)no2)c1. The first-order valence-electron chi connectivity index (χ1n) is 8.79. The summed E-state index contributed by atoms with van der Waals surface area (Å²) in [5.74, 6) is 0.0830. The molecule has 8 heteroatoms. The summed E-state index contributed by atoms with van der Waals surface area (Å²) in [6.45, 7) is 0.386. The van der Waals surface area contributed by atoms with Crippen molar-refractivity contribution in [1.29, 1.82) is 0 Å². The van der Waals surface area contributed by atoms with Crippen molar-refractivity contribution in [2.24, 2.45) is 0 Å². The minimum Gasteiger partial charge on any atom is -0.378 e. The predicted octanol–water partition coefficient (Wildman–Crippen LogP) is 4.12. The van der Waals surface area contributed by atoms with Gasteiger partial charge in [-0.1, -0.05) is 22.8 Å². The van der Waals surface area contributed by atoms with Crippen molar-refractivity contribution in [2.45, 2.75) is 12.3 Å². The molecule has 1 atom stereocenters. The van der Waals surface area contributed by atoms with Crippen LogP contribution < -0.4 is 9.80 Å². The van der Waals surface area contributed by atoms with E-state index in [0.717, 1.165) is 11.3 Å². The van der Waals surface area contributed by atoms with Gasteiger partial charge in [0.1, 0.15) is 5.82 Å². The number of carbonyl (C=O) groups excluding carboxylic acids is 1. The Hall–Kier alpha value is -2.93. The van der Waals surface area contributed by atoms with Crippen LogP contribution in [0.4, 0.5) is 15.8 Å². The molecule has 3 aromatic rings. The molecule has 1 aromatic heterocycles. The zero-order valence-corrected chi connectivity index (χ0v) is 16.2. The van der Waals surface area contributed by atoms with Crippen molar-refractivity contribution in [2.75, 3.05) is 30.4 Å². The third kappa shape index (κ3) is 3.45. The van der Waals surface area contributed by atoms with Crippen LogP contribution in [0.2, 0.25) is 5.02 Å². The molecular weight excluding hydrogens is 383 g/mol. The lowest BCUT2D eigenvalue weighted by molar-refractivity contribution is -0.117. The number of hydrogen-bond acceptors (Lipinski definition) is 5. The minimum atomic E-state index is -0.517. The summed E-state index contributed by atoms with van der Waals surface area (Å²) in [4.78, 5) is 20.5. The molecule has 1 aliphatic rings. The fourth-order valence-corrected chi connectivity index (χ4v) is 3.39. The van der Waals surface area contributed by atoms with Crippen LogP contribution in [-0.2, 0) is 4.79 Å². The van der Waals surface area contributed by atoms with Gasteiger partial charge in [0.05, 0.1) is 5.02 Å². The molecular formula is C20H18ClFN4O2. The highest BCUT2D eigenvalue weighted by molar-refractivity contribution is 6.31. The van der Waals surface area contributed by atoms with Crippen molar-refractivity contribution in [1.82, 2.24) is 10.1 Å². The Bertz CT molecular complexity index is 1040. The van der Waals surface area contributed by atoms with E-state index in [-0.39, 0.29) is 23.3 Å². The van der Waals surface area contributed by atoms with Crippen molar-refractivity contribution in [3.05, 3.63) is 59.1 Å². The molecule has 1 aliphatic heterocycles. The van der Waals surface area contributed by atoms with Crippen LogP contribution in [0, 0.1) is 5.82 Å². The van der Waals surface area contributed by atoms with E-state index in [4.69, 9.17) is 16.1 Å². The lowest BCUT2D eigenvalue weighted by Crippen LogP contribution is -2.24. The molecule has 0 saturated carbocycles. The van der Waals surface area contributed by atoms with Gasteiger partial charge in [0.15, 0.2) is 5.82 Å². The maximum atomic E-state index is 13.4. The Morgan fingerprint density at radius 1 is 1.25 bits per heavy atom. The van der Waals surface area contributed by atoms with Crippen LogP contribution in [0.5, 0.6) is 0 Å². The fourth-order valence-electron chi connectivity index (χ4n) is 3.22. The van der Waals surface area contributed by atoms with Gasteiger partial charge in [-0.05, 0) is 36.4 Å². The molecule has 1 saturated heterocycles. The highest BCUT2D eigenvalue weighted by Gasteiger charge is 2.35. The van der Waals surface area contributed by atoms with Gasteiger partial charge in [-0.2, -0.15) is 4.98 Å². The van der Waals surface area contributed by atoms with Crippen LogP contribution in [0.15, 0.2) is 47.0 Å². The number of rotatable bonds is 4. The second-order valence-electron chi connectivity index (χ2n) is 6.91. The maximum Gasteiger partial charge on any atom is 0.258 e. The third-order valence-electron chi connectivity index (χ3n) is 4.76. The molecule has 0 spiro atoms. The van der Waals surface area contributed by atoms with Crippen LogP contribution in [0.25, 0.3) is 11.5 Å². The van der Waals surface area contributed by atoms with Crippen LogP contribution in [-0.4, -0.2) is 36.7 Å². The molecule has 6 nitrogen and oxygen atoms in total.